The molecule has 8 amide bonds. The number of esters is 1. The average molecular weight is 1430 g/mol. The fourth-order valence-electron chi connectivity index (χ4n) is 13.5. The van der Waals surface area contributed by atoms with E-state index >= 15 is 0 Å². The number of imide groups is 1. The Morgan fingerprint density at radius 3 is 2.27 bits per heavy atom. The summed E-state index contributed by atoms with van der Waals surface area (Å²) in [6, 6.07) is 19.9. The highest BCUT2D eigenvalue weighted by Crippen LogP contribution is 2.41. The summed E-state index contributed by atoms with van der Waals surface area (Å²) >= 11 is 0. The van der Waals surface area contributed by atoms with Gasteiger partial charge >= 0.3 is 12.1 Å². The number of phenols is 1. The smallest absolute Gasteiger partial charge is 0.407 e. The average Bonchev–Trinajstić information content (AvgIpc) is 0.842. The number of fused-ring (bicyclic) bond motifs is 4. The number of benzene rings is 3. The molecular formula is C74H89N13O17. The number of ether oxygens (including phenoxy) is 5. The van der Waals surface area contributed by atoms with Crippen LogP contribution in [-0.2, 0) is 124 Å². The van der Waals surface area contributed by atoms with Crippen LogP contribution in [0.5, 0.6) is 5.75 Å². The number of aromatic hydroxyl groups is 1. The first kappa shape index (κ1) is 76.1. The number of nitrogens with one attached hydrogen (secondary N) is 6. The summed E-state index contributed by atoms with van der Waals surface area (Å²) in [5.74, 6) is -4.04. The number of unbranched alkanes of at least 4 members (excludes halogenated alkanes) is 1. The lowest BCUT2D eigenvalue weighted by molar-refractivity contribution is -0.156. The van der Waals surface area contributed by atoms with E-state index in [1.54, 1.807) is 95.2 Å². The lowest BCUT2D eigenvalue weighted by Gasteiger charge is -2.37. The molecule has 6 heterocycles. The summed E-state index contributed by atoms with van der Waals surface area (Å²) in [6.45, 7) is 4.54. The number of phenolic OH excluding ortho intramolecular Hbond substituents is 1. The van der Waals surface area contributed by atoms with E-state index in [0.717, 1.165) is 40.6 Å². The SMILES string of the molecule is CCc1c2c(nc3ccc(O)cc13)Cc1cc3c(c(=O)n1C2)COC(=O)[C@@]3(CC)CC(=O)CNC(=O)OCc1ccc(NC(=O)[C@H](CCCCN)NC(=O)[C@H](Cc2ccccc2)NC(=O)COCC(=O)NCCOCCOCCn2cc(CNC(=O)C3CCC(CN4C(=O)C=CC4=O)CC3)nn2)cc1. The monoisotopic (exact) mass is 1430 g/mol. The van der Waals surface area contributed by atoms with Crippen LogP contribution in [0.4, 0.5) is 10.5 Å². The number of aryl methyl sites for hydroxylation is 1. The molecule has 1 fully saturated rings. The van der Waals surface area contributed by atoms with Gasteiger partial charge < -0.3 is 71.0 Å². The Labute approximate surface area is 599 Å². The summed E-state index contributed by atoms with van der Waals surface area (Å²) < 4.78 is 30.9. The third-order valence-corrected chi connectivity index (χ3v) is 19.1. The molecule has 3 atom stereocenters. The highest BCUT2D eigenvalue weighted by molar-refractivity contribution is 6.13. The number of amides is 8. The molecule has 552 valence electrons. The van der Waals surface area contributed by atoms with Gasteiger partial charge in [-0.25, -0.2) is 9.48 Å². The third kappa shape index (κ3) is 20.0. The maximum atomic E-state index is 14.3. The van der Waals surface area contributed by atoms with Gasteiger partial charge in [0.05, 0.1) is 75.6 Å². The number of nitrogens with zero attached hydrogens (tertiary/aromatic N) is 6. The summed E-state index contributed by atoms with van der Waals surface area (Å²) in [4.78, 5) is 151. The van der Waals surface area contributed by atoms with E-state index < -0.39 is 78.7 Å². The van der Waals surface area contributed by atoms with E-state index in [-0.39, 0.29) is 125 Å². The molecule has 0 radical (unpaired) electrons. The van der Waals surface area contributed by atoms with Gasteiger partial charge in [-0.15, -0.1) is 5.10 Å². The molecule has 0 saturated heterocycles. The Bertz CT molecular complexity index is 4190. The second-order valence-corrected chi connectivity index (χ2v) is 26.3. The first-order valence-corrected chi connectivity index (χ1v) is 35.2. The van der Waals surface area contributed by atoms with Crippen LogP contribution in [0.3, 0.4) is 0 Å². The van der Waals surface area contributed by atoms with E-state index in [2.05, 4.69) is 42.2 Å². The molecule has 30 nitrogen and oxygen atoms in total. The van der Waals surface area contributed by atoms with E-state index in [9.17, 15) is 57.8 Å². The van der Waals surface area contributed by atoms with Crippen LogP contribution in [0.2, 0.25) is 0 Å². The van der Waals surface area contributed by atoms with Crippen molar-refractivity contribution in [3.05, 3.63) is 158 Å². The second-order valence-electron chi connectivity index (χ2n) is 26.3. The van der Waals surface area contributed by atoms with Crippen LogP contribution in [0.15, 0.2) is 102 Å². The highest BCUT2D eigenvalue weighted by atomic mass is 16.6. The maximum absolute atomic E-state index is 14.3. The zero-order chi connectivity index (χ0) is 73.7. The number of pyridine rings is 2. The van der Waals surface area contributed by atoms with Gasteiger partial charge in [0, 0.05) is 67.2 Å². The van der Waals surface area contributed by atoms with Crippen molar-refractivity contribution in [3.63, 3.8) is 0 Å². The molecule has 0 unspecified atom stereocenters. The molecule has 104 heavy (non-hydrogen) atoms. The lowest BCUT2D eigenvalue weighted by atomic mass is 9.71. The molecule has 0 spiro atoms. The predicted octanol–water partition coefficient (Wildman–Crippen LogP) is 3.29. The number of hydrogen-bond donors (Lipinski definition) is 8. The summed E-state index contributed by atoms with van der Waals surface area (Å²) in [6.07, 6.45) is 8.26. The van der Waals surface area contributed by atoms with Crippen molar-refractivity contribution in [1.29, 1.82) is 0 Å². The molecular weight excluding hydrogens is 1340 g/mol. The normalized spacial score (nSPS) is 17.2. The van der Waals surface area contributed by atoms with Gasteiger partial charge in [-0.1, -0.05) is 61.5 Å². The number of cyclic esters (lactones) is 1. The van der Waals surface area contributed by atoms with Crippen molar-refractivity contribution in [2.75, 3.05) is 71.1 Å². The van der Waals surface area contributed by atoms with Crippen molar-refractivity contribution >= 4 is 75.8 Å². The maximum Gasteiger partial charge on any atom is 0.407 e. The molecule has 3 aromatic carbocycles. The molecule has 3 aliphatic heterocycles. The number of carbonyl (C=O) groups excluding carboxylic acids is 10. The van der Waals surface area contributed by atoms with Crippen molar-refractivity contribution in [2.45, 2.75) is 141 Å². The Morgan fingerprint density at radius 2 is 1.53 bits per heavy atom. The molecule has 1 saturated carbocycles. The minimum absolute atomic E-state index is 0.0584. The van der Waals surface area contributed by atoms with Crippen molar-refractivity contribution in [3.8, 4) is 5.75 Å². The van der Waals surface area contributed by atoms with Crippen LogP contribution in [0.25, 0.3) is 10.9 Å². The number of anilines is 1. The lowest BCUT2D eigenvalue weighted by Crippen LogP contribution is -2.54. The van der Waals surface area contributed by atoms with Gasteiger partial charge in [0.25, 0.3) is 17.4 Å². The standard InChI is InChI=1S/C74H89N13O17/c1-3-55-56-35-53(88)21-22-60(56)80-62-34-52-33-59-58(71(97)86(52)41-57(55)62)43-103-72(98)74(59,4-2)36-54(89)38-78-73(99)104-42-48-15-19-50(20-16-48)79-69(95)61(12-8-9-25-75)82-70(96)63(32-46-10-6-5-7-11-46)81-65(91)45-102-44-64(90)76-26-28-100-30-31-101-29-27-85-40-51(83-84-85)37-77-68(94)49-17-13-47(14-18-49)39-87-66(92)23-24-67(87)93/h5-7,10-11,15-16,19-24,33,35,40,47,49,61,63,88H,3-4,8-9,12-14,17-18,25-32,34,36-39,41-45,75H2,1-2H3,(H,76,90)(H,77,94)(H,78,99)(H,79,95)(H,81,91)(H,82,96)/t47?,49?,61-,63-,74-/m0/s1. The molecule has 9 N–H and O–H groups in total. The van der Waals surface area contributed by atoms with Crippen LogP contribution in [0, 0.1) is 11.8 Å². The van der Waals surface area contributed by atoms with Crippen molar-refractivity contribution in [1.82, 2.24) is 56.0 Å². The number of ketones is 1. The van der Waals surface area contributed by atoms with Crippen molar-refractivity contribution < 1.29 is 76.7 Å². The molecule has 0 bridgehead atoms. The van der Waals surface area contributed by atoms with Crippen LogP contribution < -0.4 is 43.2 Å². The first-order valence-electron chi connectivity index (χ1n) is 35.2. The Kier molecular flexibility index (Phi) is 26.7. The molecule has 3 aromatic heterocycles. The Hall–Kier alpha value is -10.6. The van der Waals surface area contributed by atoms with E-state index in [1.807, 2.05) is 13.0 Å². The zero-order valence-electron chi connectivity index (χ0n) is 58.4. The van der Waals surface area contributed by atoms with Gasteiger partial charge in [0.15, 0.2) is 5.78 Å². The van der Waals surface area contributed by atoms with Crippen LogP contribution >= 0.6 is 0 Å². The van der Waals surface area contributed by atoms with Crippen LogP contribution in [-0.4, -0.2) is 172 Å². The zero-order valence-corrected chi connectivity index (χ0v) is 58.4. The third-order valence-electron chi connectivity index (χ3n) is 19.1. The number of carbonyl (C=O) groups is 10. The number of Topliss-reactive ketones (excluding diaryl/α,β-unsaturated/α-hetero) is 1. The van der Waals surface area contributed by atoms with E-state index in [4.69, 9.17) is 34.4 Å². The van der Waals surface area contributed by atoms with Gasteiger partial charge in [-0.2, -0.15) is 0 Å². The molecule has 10 rings (SSSR count). The fraction of sp³-hybridized carbons (Fsp3) is 0.459. The number of alkyl carbamates (subject to hydrolysis) is 1. The predicted molar refractivity (Wildman–Crippen MR) is 376 cm³/mol. The topological polar surface area (TPSA) is 404 Å². The Balaban J connectivity index is 0.611. The van der Waals surface area contributed by atoms with Gasteiger partial charge in [0.2, 0.25) is 29.5 Å². The molecule has 4 aliphatic rings. The van der Waals surface area contributed by atoms with E-state index in [1.165, 1.54) is 17.1 Å². The molecule has 1 aliphatic carbocycles. The van der Waals surface area contributed by atoms with Crippen LogP contribution in [0.1, 0.15) is 122 Å². The van der Waals surface area contributed by atoms with Crippen molar-refractivity contribution in [2.24, 2.45) is 17.6 Å². The number of nitrogens with two attached hydrogens (primary N) is 1. The quantitative estimate of drug-likeness (QED) is 0.0157. The first-order chi connectivity index (χ1) is 50.3. The largest absolute Gasteiger partial charge is 0.508 e. The van der Waals surface area contributed by atoms with Gasteiger partial charge in [-0.05, 0) is 134 Å². The van der Waals surface area contributed by atoms with Gasteiger partial charge in [-0.3, -0.25) is 57.8 Å². The molecule has 6 aromatic rings. The minimum atomic E-state index is -1.50. The molecule has 30 heteroatoms. The summed E-state index contributed by atoms with van der Waals surface area (Å²) in [7, 11) is 0. The highest BCUT2D eigenvalue weighted by Gasteiger charge is 2.48. The fourth-order valence-corrected chi connectivity index (χ4v) is 13.5. The van der Waals surface area contributed by atoms with Gasteiger partial charge in [0.1, 0.15) is 55.4 Å². The Morgan fingerprint density at radius 1 is 0.779 bits per heavy atom. The second kappa shape index (κ2) is 36.5. The van der Waals surface area contributed by atoms with E-state index in [0.29, 0.717) is 98.5 Å². The number of aromatic nitrogens is 5. The number of hydrogen-bond acceptors (Lipinski definition) is 21. The summed E-state index contributed by atoms with van der Waals surface area (Å²) in [5, 5.41) is 35.7. The minimum Gasteiger partial charge on any atom is -0.508 e. The number of rotatable bonds is 37. The summed E-state index contributed by atoms with van der Waals surface area (Å²) in [5.41, 5.74) is 10.9.